The summed E-state index contributed by atoms with van der Waals surface area (Å²) in [6.07, 6.45) is 0. The lowest BCUT2D eigenvalue weighted by Crippen LogP contribution is -2.41. The molecule has 0 radical (unpaired) electrons. The summed E-state index contributed by atoms with van der Waals surface area (Å²) in [4.78, 5) is 11.9. The van der Waals surface area contributed by atoms with Crippen LogP contribution in [0.2, 0.25) is 0 Å². The molecule has 2 N–H and O–H groups in total. The zero-order valence-corrected chi connectivity index (χ0v) is 14.1. The van der Waals surface area contributed by atoms with E-state index in [1.165, 1.54) is 0 Å². The molecular weight excluding hydrogens is 288 g/mol. The molecule has 0 spiro atoms. The molecule has 2 aromatic carbocycles. The van der Waals surface area contributed by atoms with Gasteiger partial charge in [-0.1, -0.05) is 12.1 Å². The van der Waals surface area contributed by atoms with Gasteiger partial charge in [-0.25, -0.2) is 0 Å². The number of rotatable bonds is 5. The third-order valence-electron chi connectivity index (χ3n) is 3.14. The first kappa shape index (κ1) is 17.0. The molecule has 122 valence electrons. The first-order chi connectivity index (χ1) is 10.8. The quantitative estimate of drug-likeness (QED) is 0.873. The molecule has 0 atom stereocenters. The van der Waals surface area contributed by atoms with Crippen LogP contribution in [0.4, 0.5) is 5.69 Å². The van der Waals surface area contributed by atoms with Crippen LogP contribution in [-0.2, 0) is 4.79 Å². The molecule has 0 unspecified atom stereocenters. The molecule has 0 heterocycles. The summed E-state index contributed by atoms with van der Waals surface area (Å²) in [6.45, 7) is 8.38. The highest BCUT2D eigenvalue weighted by Gasteiger charge is 2.11. The van der Waals surface area contributed by atoms with E-state index >= 15 is 0 Å². The third-order valence-corrected chi connectivity index (χ3v) is 3.14. The molecule has 0 aliphatic carbocycles. The number of anilines is 1. The number of carbonyl (C=O) groups is 1. The first-order valence-corrected chi connectivity index (χ1v) is 7.71. The van der Waals surface area contributed by atoms with Crippen molar-refractivity contribution >= 4 is 11.6 Å². The molecule has 0 saturated heterocycles. The van der Waals surface area contributed by atoms with E-state index < -0.39 is 0 Å². The fourth-order valence-corrected chi connectivity index (χ4v) is 1.97. The van der Waals surface area contributed by atoms with Crippen molar-refractivity contribution in [2.45, 2.75) is 33.2 Å². The van der Waals surface area contributed by atoms with Gasteiger partial charge in [0, 0.05) is 11.2 Å². The van der Waals surface area contributed by atoms with Crippen LogP contribution < -0.4 is 15.4 Å². The molecule has 0 aromatic heterocycles. The molecule has 0 fully saturated rings. The van der Waals surface area contributed by atoms with Crippen molar-refractivity contribution < 1.29 is 9.53 Å². The van der Waals surface area contributed by atoms with Crippen LogP contribution in [0.3, 0.4) is 0 Å². The summed E-state index contributed by atoms with van der Waals surface area (Å²) >= 11 is 0. The van der Waals surface area contributed by atoms with Gasteiger partial charge in [0.2, 0.25) is 5.91 Å². The molecular formula is C19H24N2O2. The maximum atomic E-state index is 11.9. The highest BCUT2D eigenvalue weighted by atomic mass is 16.5. The Hall–Kier alpha value is -2.33. The monoisotopic (exact) mass is 312 g/mol. The number of carbonyl (C=O) groups excluding carboxylic acids is 1. The predicted molar refractivity (Wildman–Crippen MR) is 94.1 cm³/mol. The maximum Gasteiger partial charge on any atom is 0.238 e. The average Bonchev–Trinajstić information content (AvgIpc) is 2.47. The minimum atomic E-state index is -0.0805. The highest BCUT2D eigenvalue weighted by Crippen LogP contribution is 2.23. The third kappa shape index (κ3) is 6.12. The Bertz CT molecular complexity index is 658. The van der Waals surface area contributed by atoms with Crippen LogP contribution in [0, 0.1) is 6.92 Å². The number of ether oxygens (including phenoxy) is 1. The van der Waals surface area contributed by atoms with Crippen LogP contribution in [0.15, 0.2) is 48.5 Å². The zero-order chi connectivity index (χ0) is 16.9. The predicted octanol–water partition coefficient (Wildman–Crippen LogP) is 4.11. The lowest BCUT2D eigenvalue weighted by molar-refractivity contribution is -0.115. The summed E-state index contributed by atoms with van der Waals surface area (Å²) in [5.74, 6) is 1.48. The second-order valence-electron chi connectivity index (χ2n) is 6.59. The topological polar surface area (TPSA) is 50.4 Å². The van der Waals surface area contributed by atoms with Gasteiger partial charge in [0.15, 0.2) is 0 Å². The van der Waals surface area contributed by atoms with Gasteiger partial charge in [-0.2, -0.15) is 0 Å². The normalized spacial score (nSPS) is 11.1. The number of hydrogen-bond donors (Lipinski definition) is 2. The van der Waals surface area contributed by atoms with E-state index in [1.54, 1.807) is 0 Å². The van der Waals surface area contributed by atoms with E-state index in [1.807, 2.05) is 76.2 Å². The molecule has 0 bridgehead atoms. The van der Waals surface area contributed by atoms with E-state index in [9.17, 15) is 4.79 Å². The molecule has 0 aliphatic heterocycles. The summed E-state index contributed by atoms with van der Waals surface area (Å²) in [5, 5.41) is 6.01. The molecule has 23 heavy (non-hydrogen) atoms. The summed E-state index contributed by atoms with van der Waals surface area (Å²) in [7, 11) is 0. The standard InChI is InChI=1S/C19H24N2O2/c1-14-6-5-7-17(12-14)23-16-10-8-15(9-11-16)21-18(22)13-20-19(2,3)4/h5-12,20H,13H2,1-4H3,(H,21,22). The van der Waals surface area contributed by atoms with Gasteiger partial charge >= 0.3 is 0 Å². The second-order valence-corrected chi connectivity index (χ2v) is 6.59. The van der Waals surface area contributed by atoms with Crippen molar-refractivity contribution in [2.75, 3.05) is 11.9 Å². The Morgan fingerprint density at radius 1 is 1.04 bits per heavy atom. The lowest BCUT2D eigenvalue weighted by atomic mass is 10.1. The summed E-state index contributed by atoms with van der Waals surface area (Å²) in [6, 6.07) is 15.2. The van der Waals surface area contributed by atoms with E-state index in [-0.39, 0.29) is 18.0 Å². The number of aryl methyl sites for hydroxylation is 1. The van der Waals surface area contributed by atoms with Crippen LogP contribution >= 0.6 is 0 Å². The van der Waals surface area contributed by atoms with Gasteiger partial charge in [-0.3, -0.25) is 4.79 Å². The molecule has 4 nitrogen and oxygen atoms in total. The van der Waals surface area contributed by atoms with Crippen molar-refractivity contribution in [3.05, 3.63) is 54.1 Å². The molecule has 0 saturated carbocycles. The van der Waals surface area contributed by atoms with Gasteiger partial charge in [-0.05, 0) is 69.7 Å². The van der Waals surface area contributed by atoms with Gasteiger partial charge < -0.3 is 15.4 Å². The summed E-state index contributed by atoms with van der Waals surface area (Å²) in [5.41, 5.74) is 1.82. The maximum absolute atomic E-state index is 11.9. The van der Waals surface area contributed by atoms with Crippen molar-refractivity contribution in [3.8, 4) is 11.5 Å². The Morgan fingerprint density at radius 2 is 1.74 bits per heavy atom. The van der Waals surface area contributed by atoms with Crippen molar-refractivity contribution in [2.24, 2.45) is 0 Å². The van der Waals surface area contributed by atoms with Gasteiger partial charge in [-0.15, -0.1) is 0 Å². The largest absolute Gasteiger partial charge is 0.457 e. The van der Waals surface area contributed by atoms with E-state index in [0.717, 1.165) is 22.7 Å². The SMILES string of the molecule is Cc1cccc(Oc2ccc(NC(=O)CNC(C)(C)C)cc2)c1. The van der Waals surface area contributed by atoms with Crippen LogP contribution in [0.1, 0.15) is 26.3 Å². The number of hydrogen-bond acceptors (Lipinski definition) is 3. The second kappa shape index (κ2) is 7.29. The Labute approximate surface area is 137 Å². The van der Waals surface area contributed by atoms with Crippen LogP contribution in [-0.4, -0.2) is 18.0 Å². The fraction of sp³-hybridized carbons (Fsp3) is 0.316. The van der Waals surface area contributed by atoms with Crippen molar-refractivity contribution in [1.29, 1.82) is 0 Å². The van der Waals surface area contributed by atoms with Crippen LogP contribution in [0.25, 0.3) is 0 Å². The van der Waals surface area contributed by atoms with Crippen molar-refractivity contribution in [3.63, 3.8) is 0 Å². The zero-order valence-electron chi connectivity index (χ0n) is 14.1. The van der Waals surface area contributed by atoms with Gasteiger partial charge in [0.05, 0.1) is 6.54 Å². The smallest absolute Gasteiger partial charge is 0.238 e. The van der Waals surface area contributed by atoms with E-state index in [0.29, 0.717) is 0 Å². The van der Waals surface area contributed by atoms with E-state index in [2.05, 4.69) is 10.6 Å². The molecule has 2 rings (SSSR count). The molecule has 4 heteroatoms. The highest BCUT2D eigenvalue weighted by molar-refractivity contribution is 5.92. The number of amides is 1. The molecule has 1 amide bonds. The van der Waals surface area contributed by atoms with E-state index in [4.69, 9.17) is 4.74 Å². The molecule has 2 aromatic rings. The number of benzene rings is 2. The average molecular weight is 312 g/mol. The minimum Gasteiger partial charge on any atom is -0.457 e. The fourth-order valence-electron chi connectivity index (χ4n) is 1.97. The Kier molecular flexibility index (Phi) is 5.40. The first-order valence-electron chi connectivity index (χ1n) is 7.71. The Morgan fingerprint density at radius 3 is 2.35 bits per heavy atom. The Balaban J connectivity index is 1.90. The number of nitrogens with one attached hydrogen (secondary N) is 2. The minimum absolute atomic E-state index is 0.0627. The van der Waals surface area contributed by atoms with Crippen molar-refractivity contribution in [1.82, 2.24) is 5.32 Å². The van der Waals surface area contributed by atoms with Crippen LogP contribution in [0.5, 0.6) is 11.5 Å². The van der Waals surface area contributed by atoms with Gasteiger partial charge in [0.25, 0.3) is 0 Å². The lowest BCUT2D eigenvalue weighted by Gasteiger charge is -2.20. The molecule has 0 aliphatic rings. The summed E-state index contributed by atoms with van der Waals surface area (Å²) < 4.78 is 5.79. The van der Waals surface area contributed by atoms with Gasteiger partial charge in [0.1, 0.15) is 11.5 Å².